The van der Waals surface area contributed by atoms with Crippen molar-refractivity contribution in [3.8, 4) is 6.07 Å². The molecule has 34 heavy (non-hydrogen) atoms. The van der Waals surface area contributed by atoms with E-state index in [1.807, 2.05) is 6.92 Å². The number of rotatable bonds is 5. The molecule has 0 bridgehead atoms. The van der Waals surface area contributed by atoms with Gasteiger partial charge in [-0.3, -0.25) is 14.2 Å². The summed E-state index contributed by atoms with van der Waals surface area (Å²) in [5.74, 6) is -1.07. The largest absolute Gasteiger partial charge is 0.384 e. The van der Waals surface area contributed by atoms with Crippen molar-refractivity contribution in [3.05, 3.63) is 94.8 Å². The molecule has 0 fully saturated rings. The third-order valence-corrected chi connectivity index (χ3v) is 7.03. The molecule has 1 atom stereocenters. The smallest absolute Gasteiger partial charge is 0.274 e. The standard InChI is InChI=1S/C25H20Cl2N4O2S/c1-2-11-30-23(32)21-20(15-5-9-17(27)10-6-15)18(13-28)22(29)31-24(33)19(34-25(21)31)12-14-3-7-16(26)8-4-14/h3-10,12,20H,2,11,29H2,1H3,(H,30,32)/b19-12+. The molecular weight excluding hydrogens is 491 g/mol. The van der Waals surface area contributed by atoms with Gasteiger partial charge >= 0.3 is 0 Å². The zero-order chi connectivity index (χ0) is 24.4. The Morgan fingerprint density at radius 3 is 2.38 bits per heavy atom. The van der Waals surface area contributed by atoms with Crippen LogP contribution < -0.4 is 25.8 Å². The predicted molar refractivity (Wildman–Crippen MR) is 137 cm³/mol. The molecule has 3 aromatic rings. The van der Waals surface area contributed by atoms with Crippen molar-refractivity contribution >= 4 is 57.9 Å². The Labute approximate surface area is 209 Å². The van der Waals surface area contributed by atoms with E-state index in [9.17, 15) is 14.9 Å². The van der Waals surface area contributed by atoms with Crippen LogP contribution in [0.25, 0.3) is 17.5 Å². The lowest BCUT2D eigenvalue weighted by Crippen LogP contribution is -2.42. The summed E-state index contributed by atoms with van der Waals surface area (Å²) in [7, 11) is 0. The van der Waals surface area contributed by atoms with Crippen LogP contribution in [0.4, 0.5) is 0 Å². The molecule has 1 aliphatic heterocycles. The van der Waals surface area contributed by atoms with E-state index in [1.54, 1.807) is 54.6 Å². The first-order chi connectivity index (χ1) is 16.3. The number of nitriles is 1. The summed E-state index contributed by atoms with van der Waals surface area (Å²) < 4.78 is 2.04. The Morgan fingerprint density at radius 2 is 1.79 bits per heavy atom. The molecule has 1 aromatic heterocycles. The normalized spacial score (nSPS) is 15.8. The predicted octanol–water partition coefficient (Wildman–Crippen LogP) is 3.17. The molecule has 9 heteroatoms. The Kier molecular flexibility index (Phi) is 6.94. The lowest BCUT2D eigenvalue weighted by atomic mass is 9.83. The molecule has 1 unspecified atom stereocenters. The maximum atomic E-state index is 13.4. The van der Waals surface area contributed by atoms with Crippen molar-refractivity contribution in [3.63, 3.8) is 0 Å². The number of nitrogens with zero attached hydrogens (tertiary/aromatic N) is 2. The van der Waals surface area contributed by atoms with Crippen LogP contribution in [0.1, 0.15) is 30.4 Å². The average Bonchev–Trinajstić information content (AvgIpc) is 3.15. The van der Waals surface area contributed by atoms with Crippen LogP contribution in [0.15, 0.2) is 58.9 Å². The van der Waals surface area contributed by atoms with E-state index in [2.05, 4.69) is 11.4 Å². The second-order valence-electron chi connectivity index (χ2n) is 7.67. The summed E-state index contributed by atoms with van der Waals surface area (Å²) >= 11 is 13.2. The second kappa shape index (κ2) is 9.90. The highest BCUT2D eigenvalue weighted by atomic mass is 35.5. The van der Waals surface area contributed by atoms with Gasteiger partial charge in [-0.05, 0) is 47.9 Å². The molecule has 0 saturated carbocycles. The highest BCUT2D eigenvalue weighted by molar-refractivity contribution is 7.07. The maximum Gasteiger partial charge on any atom is 0.274 e. The highest BCUT2D eigenvalue weighted by Gasteiger charge is 2.35. The van der Waals surface area contributed by atoms with Crippen LogP contribution in [0.3, 0.4) is 0 Å². The Balaban J connectivity index is 2.05. The number of benzene rings is 2. The Morgan fingerprint density at radius 1 is 1.18 bits per heavy atom. The average molecular weight is 511 g/mol. The van der Waals surface area contributed by atoms with Gasteiger partial charge < -0.3 is 11.1 Å². The first-order valence-electron chi connectivity index (χ1n) is 10.5. The molecular formula is C25H20Cl2N4O2S. The monoisotopic (exact) mass is 510 g/mol. The molecule has 0 saturated heterocycles. The molecule has 2 heterocycles. The number of halogens is 2. The third-order valence-electron chi connectivity index (χ3n) is 5.42. The van der Waals surface area contributed by atoms with E-state index in [1.165, 1.54) is 4.57 Å². The number of allylic oxidation sites excluding steroid dienone is 1. The molecule has 0 radical (unpaired) electrons. The van der Waals surface area contributed by atoms with Gasteiger partial charge in [0.15, 0.2) is 0 Å². The number of hydrogen-bond donors (Lipinski definition) is 2. The van der Waals surface area contributed by atoms with Gasteiger partial charge in [0, 0.05) is 16.6 Å². The van der Waals surface area contributed by atoms with Crippen molar-refractivity contribution in [2.75, 3.05) is 6.54 Å². The third kappa shape index (κ3) is 4.40. The van der Waals surface area contributed by atoms with Crippen LogP contribution in [0.2, 0.25) is 10.0 Å². The molecule has 1 aliphatic rings. The fourth-order valence-corrected chi connectivity index (χ4v) is 5.23. The van der Waals surface area contributed by atoms with Gasteiger partial charge in [-0.25, -0.2) is 0 Å². The van der Waals surface area contributed by atoms with E-state index < -0.39 is 11.5 Å². The quantitative estimate of drug-likeness (QED) is 0.550. The number of amides is 1. The molecule has 0 spiro atoms. The van der Waals surface area contributed by atoms with Crippen molar-refractivity contribution in [1.29, 1.82) is 5.26 Å². The minimum absolute atomic E-state index is 0.0153. The van der Waals surface area contributed by atoms with E-state index in [0.29, 0.717) is 36.9 Å². The van der Waals surface area contributed by atoms with Gasteiger partial charge in [-0.2, -0.15) is 5.26 Å². The Bertz CT molecular complexity index is 1510. The lowest BCUT2D eigenvalue weighted by molar-refractivity contribution is -0.115. The van der Waals surface area contributed by atoms with Crippen molar-refractivity contribution in [1.82, 2.24) is 9.88 Å². The fourth-order valence-electron chi connectivity index (χ4n) is 3.80. The number of nitrogens with two attached hydrogens (primary N) is 1. The topological polar surface area (TPSA) is 101 Å². The number of carbonyl (C=O) groups is 1. The van der Waals surface area contributed by atoms with Gasteiger partial charge in [0.25, 0.3) is 11.5 Å². The van der Waals surface area contributed by atoms with E-state index in [4.69, 9.17) is 28.9 Å². The zero-order valence-electron chi connectivity index (χ0n) is 18.1. The molecule has 2 aromatic carbocycles. The summed E-state index contributed by atoms with van der Waals surface area (Å²) in [6.07, 6.45) is 2.45. The van der Waals surface area contributed by atoms with Crippen LogP contribution in [-0.4, -0.2) is 17.0 Å². The molecule has 1 amide bonds. The summed E-state index contributed by atoms with van der Waals surface area (Å²) in [4.78, 5) is 26.7. The summed E-state index contributed by atoms with van der Waals surface area (Å²) in [5.41, 5.74) is 7.87. The van der Waals surface area contributed by atoms with E-state index in [-0.39, 0.29) is 17.3 Å². The molecule has 172 valence electrons. The summed E-state index contributed by atoms with van der Waals surface area (Å²) in [6.45, 7) is 2.40. The van der Waals surface area contributed by atoms with Crippen molar-refractivity contribution in [2.45, 2.75) is 19.3 Å². The summed E-state index contributed by atoms with van der Waals surface area (Å²) in [6, 6.07) is 16.1. The maximum absolute atomic E-state index is 13.4. The van der Waals surface area contributed by atoms with E-state index >= 15 is 0 Å². The fraction of sp³-hybridized carbons (Fsp3) is 0.160. The molecule has 4 rings (SSSR count). The van der Waals surface area contributed by atoms with Gasteiger partial charge in [0.1, 0.15) is 10.5 Å². The van der Waals surface area contributed by atoms with Gasteiger partial charge in [-0.15, -0.1) is 11.3 Å². The van der Waals surface area contributed by atoms with Crippen LogP contribution in [0, 0.1) is 11.3 Å². The number of hydrogen-bond acceptors (Lipinski definition) is 5. The summed E-state index contributed by atoms with van der Waals surface area (Å²) in [5, 5.41) is 14.0. The minimum Gasteiger partial charge on any atom is -0.384 e. The van der Waals surface area contributed by atoms with Crippen LogP contribution >= 0.6 is 34.5 Å². The Hall–Kier alpha value is -3.31. The number of thiazole rings is 1. The van der Waals surface area contributed by atoms with Gasteiger partial charge in [-0.1, -0.05) is 54.4 Å². The lowest BCUT2D eigenvalue weighted by Gasteiger charge is -2.25. The molecule has 3 N–H and O–H groups in total. The highest BCUT2D eigenvalue weighted by Crippen LogP contribution is 2.36. The molecule has 0 aliphatic carbocycles. The number of carbonyl (C=O) groups excluding carboxylic acids is 1. The number of nitrogens with one attached hydrogen (secondary N) is 1. The van der Waals surface area contributed by atoms with Gasteiger partial charge in [0.05, 0.1) is 27.7 Å². The number of aromatic nitrogens is 1. The molecule has 6 nitrogen and oxygen atoms in total. The first kappa shape index (κ1) is 23.8. The SMILES string of the molecule is CCCNC(=O)C1=c2s/c(=C/c3ccc(Cl)cc3)c(=O)n2C(N)=C(C#N)C1c1ccc(Cl)cc1. The van der Waals surface area contributed by atoms with Crippen molar-refractivity contribution < 1.29 is 4.79 Å². The van der Waals surface area contributed by atoms with Gasteiger partial charge in [0.2, 0.25) is 0 Å². The van der Waals surface area contributed by atoms with Crippen molar-refractivity contribution in [2.24, 2.45) is 5.73 Å². The van der Waals surface area contributed by atoms with Crippen LogP contribution in [-0.2, 0) is 4.79 Å². The minimum atomic E-state index is -0.736. The zero-order valence-corrected chi connectivity index (χ0v) is 20.5. The number of fused-ring (bicyclic) bond motifs is 1. The first-order valence-corrected chi connectivity index (χ1v) is 12.1. The van der Waals surface area contributed by atoms with Crippen LogP contribution in [0.5, 0.6) is 0 Å². The second-order valence-corrected chi connectivity index (χ2v) is 9.58. The van der Waals surface area contributed by atoms with E-state index in [0.717, 1.165) is 23.3 Å².